The summed E-state index contributed by atoms with van der Waals surface area (Å²) in [6.07, 6.45) is 6.32. The molecule has 2 aromatic rings. The summed E-state index contributed by atoms with van der Waals surface area (Å²) in [5, 5.41) is 14.1. The van der Waals surface area contributed by atoms with E-state index in [1.807, 2.05) is 12.1 Å². The second-order valence-corrected chi connectivity index (χ2v) is 10.8. The number of hydrogen-bond acceptors (Lipinski definition) is 5. The van der Waals surface area contributed by atoms with E-state index in [0.717, 1.165) is 44.8 Å². The lowest BCUT2D eigenvalue weighted by molar-refractivity contribution is -0.125. The predicted molar refractivity (Wildman–Crippen MR) is 137 cm³/mol. The number of likely N-dealkylation sites (N-methyl/N-ethyl adjacent to an activating group) is 1. The lowest BCUT2D eigenvalue weighted by atomic mass is 9.75. The molecule has 5 rings (SSSR count). The molecule has 0 spiro atoms. The molecule has 2 saturated heterocycles. The van der Waals surface area contributed by atoms with Crippen molar-refractivity contribution in [2.75, 3.05) is 40.1 Å². The highest BCUT2D eigenvalue weighted by Gasteiger charge is 2.31. The quantitative estimate of drug-likeness (QED) is 0.585. The molecule has 8 heteroatoms. The first-order valence-electron chi connectivity index (χ1n) is 13.4. The van der Waals surface area contributed by atoms with Crippen LogP contribution in [-0.2, 0) is 34.2 Å². The average Bonchev–Trinajstić information content (AvgIpc) is 3.17. The molecule has 0 radical (unpaired) electrons. The fourth-order valence-electron chi connectivity index (χ4n) is 6.22. The first kappa shape index (κ1) is 25.2. The van der Waals surface area contributed by atoms with E-state index in [0.29, 0.717) is 31.1 Å². The van der Waals surface area contributed by atoms with Crippen molar-refractivity contribution >= 4 is 22.7 Å². The van der Waals surface area contributed by atoms with Crippen molar-refractivity contribution in [3.05, 3.63) is 35.0 Å². The molecule has 0 bridgehead atoms. The molecule has 2 N–H and O–H groups in total. The molecular weight excluding hydrogens is 458 g/mol. The molecule has 2 fully saturated rings. The minimum atomic E-state index is -0.417. The highest BCUT2D eigenvalue weighted by Crippen LogP contribution is 2.39. The number of hydrogen-bond donors (Lipinski definition) is 2. The van der Waals surface area contributed by atoms with E-state index < -0.39 is 6.04 Å². The minimum Gasteiger partial charge on any atom is -0.394 e. The van der Waals surface area contributed by atoms with Crippen molar-refractivity contribution < 1.29 is 24.2 Å². The summed E-state index contributed by atoms with van der Waals surface area (Å²) in [6.45, 7) is 2.66. The Bertz CT molecular complexity index is 1100. The molecule has 2 atom stereocenters. The van der Waals surface area contributed by atoms with E-state index in [9.17, 15) is 14.7 Å². The molecule has 2 aliphatic heterocycles. The maximum atomic E-state index is 13.4. The van der Waals surface area contributed by atoms with E-state index >= 15 is 0 Å². The third-order valence-corrected chi connectivity index (χ3v) is 8.62. The monoisotopic (exact) mass is 497 g/mol. The molecule has 1 aliphatic carbocycles. The Balaban J connectivity index is 1.30. The number of carbonyl (C=O) groups is 2. The highest BCUT2D eigenvalue weighted by atomic mass is 16.5. The zero-order chi connectivity index (χ0) is 25.2. The van der Waals surface area contributed by atoms with Crippen LogP contribution in [-0.4, -0.2) is 78.6 Å². The van der Waals surface area contributed by atoms with Gasteiger partial charge in [0.05, 0.1) is 31.9 Å². The van der Waals surface area contributed by atoms with Crippen molar-refractivity contribution in [1.29, 1.82) is 0 Å². The summed E-state index contributed by atoms with van der Waals surface area (Å²) in [7, 11) is 3.85. The molecular formula is C28H39N3O5. The Morgan fingerprint density at radius 3 is 2.64 bits per heavy atom. The number of aromatic nitrogens is 1. The molecule has 0 saturated carbocycles. The molecule has 3 aliphatic rings. The molecule has 0 unspecified atom stereocenters. The SMILES string of the molecule is CN(C(=O)c1ccc2c(c1)c1c(n2C)CC[C@@H](C2CCOCC2)C1)[C@H](CO)CCC(=O)NC1COC1. The van der Waals surface area contributed by atoms with Crippen molar-refractivity contribution in [2.24, 2.45) is 18.9 Å². The summed E-state index contributed by atoms with van der Waals surface area (Å²) in [5.41, 5.74) is 4.58. The van der Waals surface area contributed by atoms with Crippen molar-refractivity contribution in [1.82, 2.24) is 14.8 Å². The van der Waals surface area contributed by atoms with E-state index in [1.165, 1.54) is 28.6 Å². The molecule has 3 heterocycles. The minimum absolute atomic E-state index is 0.0704. The van der Waals surface area contributed by atoms with Crippen molar-refractivity contribution in [3.63, 3.8) is 0 Å². The second kappa shape index (κ2) is 10.9. The number of carbonyl (C=O) groups excluding carboxylic acids is 2. The molecule has 8 nitrogen and oxygen atoms in total. The summed E-state index contributed by atoms with van der Waals surface area (Å²) in [6, 6.07) is 5.65. The van der Waals surface area contributed by atoms with E-state index in [4.69, 9.17) is 9.47 Å². The first-order valence-corrected chi connectivity index (χ1v) is 13.4. The number of amides is 2. The van der Waals surface area contributed by atoms with Crippen LogP contribution in [0.15, 0.2) is 18.2 Å². The standard InChI is InChI=1S/C28H39N3O5/c1-30(22(15-32)5-8-27(33)29-21-16-36-17-21)28(34)20-4-7-26-24(14-20)23-13-19(3-6-25(23)31(26)2)18-9-11-35-12-10-18/h4,7,14,18-19,21-22,32H,3,5-6,8-13,15-17H2,1-2H3,(H,29,33)/t19-,22+/m1/s1. The van der Waals surface area contributed by atoms with Gasteiger partial charge in [-0.15, -0.1) is 0 Å². The highest BCUT2D eigenvalue weighted by molar-refractivity contribution is 5.99. The Labute approximate surface area is 212 Å². The fraction of sp³-hybridized carbons (Fsp3) is 0.643. The van der Waals surface area contributed by atoms with E-state index in [1.54, 1.807) is 11.9 Å². The van der Waals surface area contributed by atoms with Gasteiger partial charge in [-0.05, 0) is 74.1 Å². The summed E-state index contributed by atoms with van der Waals surface area (Å²) in [4.78, 5) is 27.2. The third-order valence-electron chi connectivity index (χ3n) is 8.62. The third kappa shape index (κ3) is 5.04. The van der Waals surface area contributed by atoms with Gasteiger partial charge in [0.2, 0.25) is 5.91 Å². The van der Waals surface area contributed by atoms with Crippen LogP contribution >= 0.6 is 0 Å². The first-order chi connectivity index (χ1) is 17.5. The van der Waals surface area contributed by atoms with Gasteiger partial charge < -0.3 is 29.4 Å². The zero-order valence-corrected chi connectivity index (χ0v) is 21.5. The van der Waals surface area contributed by atoms with Crippen LogP contribution < -0.4 is 5.32 Å². The van der Waals surface area contributed by atoms with Gasteiger partial charge in [0.15, 0.2) is 0 Å². The van der Waals surface area contributed by atoms with Crippen LogP contribution in [0.5, 0.6) is 0 Å². The molecule has 36 heavy (non-hydrogen) atoms. The van der Waals surface area contributed by atoms with Crippen LogP contribution in [0.25, 0.3) is 10.9 Å². The number of fused-ring (bicyclic) bond motifs is 3. The molecule has 1 aromatic heterocycles. The molecule has 1 aromatic carbocycles. The van der Waals surface area contributed by atoms with Gasteiger partial charge in [0.25, 0.3) is 5.91 Å². The number of nitrogens with zero attached hydrogens (tertiary/aromatic N) is 2. The smallest absolute Gasteiger partial charge is 0.253 e. The predicted octanol–water partition coefficient (Wildman–Crippen LogP) is 2.44. The summed E-state index contributed by atoms with van der Waals surface area (Å²) in [5.74, 6) is 1.19. The number of nitrogens with one attached hydrogen (secondary N) is 1. The molecule has 196 valence electrons. The number of aryl methyl sites for hydroxylation is 1. The van der Waals surface area contributed by atoms with Gasteiger partial charge in [0, 0.05) is 55.9 Å². The van der Waals surface area contributed by atoms with Crippen LogP contribution in [0.4, 0.5) is 0 Å². The Morgan fingerprint density at radius 1 is 1.17 bits per heavy atom. The van der Waals surface area contributed by atoms with Crippen LogP contribution in [0.3, 0.4) is 0 Å². The maximum absolute atomic E-state index is 13.4. The zero-order valence-electron chi connectivity index (χ0n) is 21.5. The van der Waals surface area contributed by atoms with Gasteiger partial charge in [-0.3, -0.25) is 9.59 Å². The van der Waals surface area contributed by atoms with Crippen LogP contribution in [0.1, 0.15) is 53.7 Å². The number of aliphatic hydroxyl groups excluding tert-OH is 1. The Hall–Kier alpha value is -2.42. The largest absolute Gasteiger partial charge is 0.394 e. The van der Waals surface area contributed by atoms with Crippen LogP contribution in [0.2, 0.25) is 0 Å². The topological polar surface area (TPSA) is 93.0 Å². The summed E-state index contributed by atoms with van der Waals surface area (Å²) < 4.78 is 13.0. The Morgan fingerprint density at radius 2 is 1.94 bits per heavy atom. The normalized spacial score (nSPS) is 21.6. The summed E-state index contributed by atoms with van der Waals surface area (Å²) >= 11 is 0. The molecule has 2 amide bonds. The van der Waals surface area contributed by atoms with Gasteiger partial charge >= 0.3 is 0 Å². The van der Waals surface area contributed by atoms with Gasteiger partial charge in [-0.1, -0.05) is 0 Å². The van der Waals surface area contributed by atoms with Crippen molar-refractivity contribution in [3.8, 4) is 0 Å². The van der Waals surface area contributed by atoms with Gasteiger partial charge in [-0.25, -0.2) is 0 Å². The van der Waals surface area contributed by atoms with Gasteiger partial charge in [-0.2, -0.15) is 0 Å². The maximum Gasteiger partial charge on any atom is 0.253 e. The lowest BCUT2D eigenvalue weighted by Gasteiger charge is -2.33. The Kier molecular flexibility index (Phi) is 7.65. The number of benzene rings is 1. The number of ether oxygens (including phenoxy) is 2. The van der Waals surface area contributed by atoms with E-state index in [2.05, 4.69) is 23.0 Å². The number of rotatable bonds is 8. The number of aliphatic hydroxyl groups is 1. The van der Waals surface area contributed by atoms with Crippen LogP contribution in [0, 0.1) is 11.8 Å². The lowest BCUT2D eigenvalue weighted by Crippen LogP contribution is -2.49. The van der Waals surface area contributed by atoms with Crippen molar-refractivity contribution in [2.45, 2.75) is 57.0 Å². The average molecular weight is 498 g/mol. The van der Waals surface area contributed by atoms with E-state index in [-0.39, 0.29) is 30.9 Å². The second-order valence-electron chi connectivity index (χ2n) is 10.8. The fourth-order valence-corrected chi connectivity index (χ4v) is 6.22. The van der Waals surface area contributed by atoms with Gasteiger partial charge in [0.1, 0.15) is 0 Å².